The van der Waals surface area contributed by atoms with E-state index >= 15 is 0 Å². The molecular formula is C11H13F2NO2. The van der Waals surface area contributed by atoms with Crippen molar-refractivity contribution in [3.05, 3.63) is 29.8 Å². The molecule has 0 unspecified atom stereocenters. The fourth-order valence-corrected chi connectivity index (χ4v) is 1.07. The Morgan fingerprint density at radius 3 is 2.38 bits per heavy atom. The molecular weight excluding hydrogens is 216 g/mol. The zero-order valence-electron chi connectivity index (χ0n) is 9.17. The van der Waals surface area contributed by atoms with Crippen LogP contribution in [0.3, 0.4) is 0 Å². The van der Waals surface area contributed by atoms with Crippen LogP contribution in [0.25, 0.3) is 0 Å². The van der Waals surface area contributed by atoms with Gasteiger partial charge in [-0.2, -0.15) is 0 Å². The van der Waals surface area contributed by atoms with Gasteiger partial charge in [-0.25, -0.2) is 8.78 Å². The summed E-state index contributed by atoms with van der Waals surface area (Å²) >= 11 is 0. The molecule has 0 N–H and O–H groups in total. The van der Waals surface area contributed by atoms with Gasteiger partial charge >= 0.3 is 0 Å². The number of nitrogens with zero attached hydrogens (tertiary/aromatic N) is 1. The SMILES string of the molecule is CC(=O)N(C)CCOc1cc(F)cc(F)c1. The summed E-state index contributed by atoms with van der Waals surface area (Å²) in [6.07, 6.45) is 0. The Labute approximate surface area is 92.6 Å². The van der Waals surface area contributed by atoms with E-state index < -0.39 is 11.6 Å². The van der Waals surface area contributed by atoms with Gasteiger partial charge in [-0.05, 0) is 0 Å². The molecule has 0 atom stereocenters. The van der Waals surface area contributed by atoms with Crippen LogP contribution in [-0.4, -0.2) is 31.0 Å². The first-order chi connectivity index (χ1) is 7.49. The maximum atomic E-state index is 12.8. The van der Waals surface area contributed by atoms with Crippen LogP contribution >= 0.6 is 0 Å². The van der Waals surface area contributed by atoms with Crippen molar-refractivity contribution < 1.29 is 18.3 Å². The van der Waals surface area contributed by atoms with Gasteiger partial charge in [0.05, 0.1) is 6.54 Å². The molecule has 0 aliphatic rings. The molecule has 88 valence electrons. The Morgan fingerprint density at radius 1 is 1.31 bits per heavy atom. The lowest BCUT2D eigenvalue weighted by Gasteiger charge is -2.15. The van der Waals surface area contributed by atoms with Crippen molar-refractivity contribution in [1.82, 2.24) is 4.90 Å². The fraction of sp³-hybridized carbons (Fsp3) is 0.364. The summed E-state index contributed by atoms with van der Waals surface area (Å²) < 4.78 is 30.6. The number of carbonyl (C=O) groups excluding carboxylic acids is 1. The van der Waals surface area contributed by atoms with Crippen LogP contribution in [-0.2, 0) is 4.79 Å². The first-order valence-corrected chi connectivity index (χ1v) is 4.79. The number of hydrogen-bond donors (Lipinski definition) is 0. The predicted molar refractivity (Wildman–Crippen MR) is 55.2 cm³/mol. The fourth-order valence-electron chi connectivity index (χ4n) is 1.07. The molecule has 3 nitrogen and oxygen atoms in total. The lowest BCUT2D eigenvalue weighted by Crippen LogP contribution is -2.28. The number of carbonyl (C=O) groups is 1. The molecule has 5 heteroatoms. The van der Waals surface area contributed by atoms with Crippen molar-refractivity contribution in [2.45, 2.75) is 6.92 Å². The molecule has 0 aliphatic heterocycles. The third-order valence-corrected chi connectivity index (χ3v) is 2.07. The lowest BCUT2D eigenvalue weighted by atomic mass is 10.3. The van der Waals surface area contributed by atoms with Gasteiger partial charge in [-0.1, -0.05) is 0 Å². The van der Waals surface area contributed by atoms with Crippen molar-refractivity contribution in [3.63, 3.8) is 0 Å². The van der Waals surface area contributed by atoms with E-state index in [1.54, 1.807) is 7.05 Å². The number of amides is 1. The quantitative estimate of drug-likeness (QED) is 0.788. The van der Waals surface area contributed by atoms with Crippen LogP contribution in [0.4, 0.5) is 8.78 Å². The Kier molecular flexibility index (Phi) is 4.22. The van der Waals surface area contributed by atoms with Crippen molar-refractivity contribution in [2.75, 3.05) is 20.2 Å². The average molecular weight is 229 g/mol. The Morgan fingerprint density at radius 2 is 1.88 bits per heavy atom. The second kappa shape index (κ2) is 5.44. The molecule has 0 bridgehead atoms. The minimum Gasteiger partial charge on any atom is -0.492 e. The highest BCUT2D eigenvalue weighted by Crippen LogP contribution is 2.15. The maximum Gasteiger partial charge on any atom is 0.219 e. The van der Waals surface area contributed by atoms with Gasteiger partial charge in [-0.3, -0.25) is 4.79 Å². The summed E-state index contributed by atoms with van der Waals surface area (Å²) in [6, 6.07) is 2.96. The van der Waals surface area contributed by atoms with E-state index in [9.17, 15) is 13.6 Å². The second-order valence-electron chi connectivity index (χ2n) is 3.39. The minimum absolute atomic E-state index is 0.0889. The zero-order valence-corrected chi connectivity index (χ0v) is 9.17. The van der Waals surface area contributed by atoms with E-state index in [1.165, 1.54) is 11.8 Å². The number of benzene rings is 1. The first kappa shape index (κ1) is 12.4. The topological polar surface area (TPSA) is 29.5 Å². The first-order valence-electron chi connectivity index (χ1n) is 4.79. The van der Waals surface area contributed by atoms with Crippen LogP contribution in [0, 0.1) is 11.6 Å². The number of likely N-dealkylation sites (N-methyl/N-ethyl adjacent to an activating group) is 1. The maximum absolute atomic E-state index is 12.8. The smallest absolute Gasteiger partial charge is 0.219 e. The van der Waals surface area contributed by atoms with Crippen molar-refractivity contribution in [2.24, 2.45) is 0 Å². The Bertz CT molecular complexity index is 362. The van der Waals surface area contributed by atoms with Crippen LogP contribution in [0.15, 0.2) is 18.2 Å². The highest BCUT2D eigenvalue weighted by Gasteiger charge is 2.04. The summed E-state index contributed by atoms with van der Waals surface area (Å²) in [5.41, 5.74) is 0. The summed E-state index contributed by atoms with van der Waals surface area (Å²) in [4.78, 5) is 12.3. The summed E-state index contributed by atoms with van der Waals surface area (Å²) in [5.74, 6) is -1.34. The monoisotopic (exact) mass is 229 g/mol. The van der Waals surface area contributed by atoms with Gasteiger partial charge in [0.1, 0.15) is 24.0 Å². The number of hydrogen-bond acceptors (Lipinski definition) is 2. The number of halogens is 2. The van der Waals surface area contributed by atoms with E-state index in [0.717, 1.165) is 18.2 Å². The van der Waals surface area contributed by atoms with E-state index in [1.807, 2.05) is 0 Å². The van der Waals surface area contributed by atoms with E-state index in [4.69, 9.17) is 4.74 Å². The Balaban J connectivity index is 2.46. The minimum atomic E-state index is -0.685. The highest BCUT2D eigenvalue weighted by molar-refractivity contribution is 5.72. The third kappa shape index (κ3) is 3.84. The van der Waals surface area contributed by atoms with E-state index in [-0.39, 0.29) is 18.3 Å². The van der Waals surface area contributed by atoms with Crippen LogP contribution in [0.5, 0.6) is 5.75 Å². The molecule has 0 saturated carbocycles. The number of ether oxygens (including phenoxy) is 1. The lowest BCUT2D eigenvalue weighted by molar-refractivity contribution is -0.127. The van der Waals surface area contributed by atoms with Crippen molar-refractivity contribution >= 4 is 5.91 Å². The zero-order chi connectivity index (χ0) is 12.1. The molecule has 0 saturated heterocycles. The highest BCUT2D eigenvalue weighted by atomic mass is 19.1. The van der Waals surface area contributed by atoms with Gasteiger partial charge in [-0.15, -0.1) is 0 Å². The van der Waals surface area contributed by atoms with Crippen LogP contribution in [0.1, 0.15) is 6.92 Å². The van der Waals surface area contributed by atoms with Gasteiger partial charge < -0.3 is 9.64 Å². The molecule has 0 aliphatic carbocycles. The normalized spacial score (nSPS) is 10.0. The molecule has 0 radical (unpaired) electrons. The van der Waals surface area contributed by atoms with Crippen molar-refractivity contribution in [3.8, 4) is 5.75 Å². The summed E-state index contributed by atoms with van der Waals surface area (Å²) in [5, 5.41) is 0. The Hall–Kier alpha value is -1.65. The van der Waals surface area contributed by atoms with Crippen molar-refractivity contribution in [1.29, 1.82) is 0 Å². The van der Waals surface area contributed by atoms with Gasteiger partial charge in [0.15, 0.2) is 0 Å². The molecule has 16 heavy (non-hydrogen) atoms. The molecule has 0 fully saturated rings. The summed E-state index contributed by atoms with van der Waals surface area (Å²) in [6.45, 7) is 1.99. The molecule has 0 aromatic heterocycles. The van der Waals surface area contributed by atoms with Gasteiger partial charge in [0.25, 0.3) is 0 Å². The van der Waals surface area contributed by atoms with E-state index in [2.05, 4.69) is 0 Å². The molecule has 1 aromatic carbocycles. The summed E-state index contributed by atoms with van der Waals surface area (Å²) in [7, 11) is 1.62. The molecule has 1 amide bonds. The van der Waals surface area contributed by atoms with Crippen LogP contribution < -0.4 is 4.74 Å². The standard InChI is InChI=1S/C11H13F2NO2/c1-8(15)14(2)3-4-16-11-6-9(12)5-10(13)7-11/h5-7H,3-4H2,1-2H3. The van der Waals surface area contributed by atoms with Gasteiger partial charge in [0.2, 0.25) is 5.91 Å². The predicted octanol–water partition coefficient (Wildman–Crippen LogP) is 1.82. The largest absolute Gasteiger partial charge is 0.492 e. The van der Waals surface area contributed by atoms with Gasteiger partial charge in [0, 0.05) is 32.2 Å². The van der Waals surface area contributed by atoms with Crippen LogP contribution in [0.2, 0.25) is 0 Å². The third-order valence-electron chi connectivity index (χ3n) is 2.07. The number of rotatable bonds is 4. The molecule has 0 heterocycles. The second-order valence-corrected chi connectivity index (χ2v) is 3.39. The molecule has 0 spiro atoms. The molecule has 1 aromatic rings. The molecule has 1 rings (SSSR count). The average Bonchev–Trinajstić information content (AvgIpc) is 2.15. The van der Waals surface area contributed by atoms with E-state index in [0.29, 0.717) is 6.54 Å².